The van der Waals surface area contributed by atoms with Crippen LogP contribution in [0.25, 0.3) is 0 Å². The Morgan fingerprint density at radius 1 is 1.17 bits per heavy atom. The largest absolute Gasteiger partial charge is 0.396 e. The molecule has 2 bridgehead atoms. The number of benzene rings is 1. The van der Waals surface area contributed by atoms with Gasteiger partial charge >= 0.3 is 0 Å². The predicted octanol–water partition coefficient (Wildman–Crippen LogP) is 5.48. The van der Waals surface area contributed by atoms with E-state index in [9.17, 15) is 19.5 Å². The molecule has 3 amide bonds. The molecule has 230 valence electrons. The molecule has 3 aliphatic heterocycles. The van der Waals surface area contributed by atoms with Gasteiger partial charge in [-0.25, -0.2) is 0 Å². The van der Waals surface area contributed by atoms with E-state index in [1.165, 1.54) is 0 Å². The Balaban J connectivity index is 1.79. The van der Waals surface area contributed by atoms with E-state index in [4.69, 9.17) is 11.6 Å². The number of thioether (sulfide) groups is 1. The van der Waals surface area contributed by atoms with Gasteiger partial charge < -0.3 is 19.8 Å². The van der Waals surface area contributed by atoms with Gasteiger partial charge in [0, 0.05) is 38.0 Å². The first-order valence-electron chi connectivity index (χ1n) is 15.4. The number of carbonyl (C=O) groups is 3. The van der Waals surface area contributed by atoms with E-state index in [1.807, 2.05) is 30.9 Å². The second-order valence-electron chi connectivity index (χ2n) is 11.9. The minimum atomic E-state index is -0.717. The molecule has 3 saturated heterocycles. The van der Waals surface area contributed by atoms with Crippen molar-refractivity contribution < 1.29 is 19.5 Å². The lowest BCUT2D eigenvalue weighted by molar-refractivity contribution is -0.144. The highest BCUT2D eigenvalue weighted by molar-refractivity contribution is 8.02. The molecule has 3 heterocycles. The van der Waals surface area contributed by atoms with Gasteiger partial charge in [0.05, 0.1) is 27.3 Å². The molecule has 1 N–H and O–H groups in total. The molecule has 6 atom stereocenters. The number of nitrogens with zero attached hydrogens (tertiary/aromatic N) is 3. The monoisotopic (exact) mass is 615 g/mol. The lowest BCUT2D eigenvalue weighted by Crippen LogP contribution is -2.58. The zero-order valence-corrected chi connectivity index (χ0v) is 26.8. The van der Waals surface area contributed by atoms with Crippen molar-refractivity contribution in [2.24, 2.45) is 17.8 Å². The average Bonchev–Trinajstić information content (AvgIpc) is 3.55. The predicted molar refractivity (Wildman–Crippen MR) is 172 cm³/mol. The van der Waals surface area contributed by atoms with Crippen molar-refractivity contribution in [3.8, 4) is 0 Å². The van der Waals surface area contributed by atoms with Gasteiger partial charge in [-0.1, -0.05) is 62.6 Å². The van der Waals surface area contributed by atoms with E-state index < -0.39 is 22.6 Å². The summed E-state index contributed by atoms with van der Waals surface area (Å²) in [5.74, 6) is -1.19. The first-order valence-corrected chi connectivity index (χ1v) is 16.6. The van der Waals surface area contributed by atoms with Gasteiger partial charge in [0.1, 0.15) is 6.04 Å². The highest BCUT2D eigenvalue weighted by Crippen LogP contribution is 2.69. The number of anilines is 1. The number of hydrogen-bond donors (Lipinski definition) is 1. The molecule has 3 aliphatic rings. The molecule has 3 fully saturated rings. The fourth-order valence-electron chi connectivity index (χ4n) is 7.53. The zero-order chi connectivity index (χ0) is 30.6. The summed E-state index contributed by atoms with van der Waals surface area (Å²) in [4.78, 5) is 48.8. The molecule has 0 saturated carbocycles. The maximum Gasteiger partial charge on any atom is 0.251 e. The molecule has 1 aromatic carbocycles. The second kappa shape index (κ2) is 14.0. The first kappa shape index (κ1) is 32.6. The first-order chi connectivity index (χ1) is 20.2. The smallest absolute Gasteiger partial charge is 0.251 e. The normalized spacial score (nSPS) is 27.7. The SMILES string of the molecule is C=CCN(CCC)C(=O)[C@@H]1[C@@H]2CC(C)C3(S2)C(C(=O)N(CC=C)c2c(C)cccc2Cl)N(CCCCCCO)C(=O)[C@H]13. The molecule has 3 unspecified atom stereocenters. The Morgan fingerprint density at radius 3 is 2.52 bits per heavy atom. The van der Waals surface area contributed by atoms with Gasteiger partial charge in [0.25, 0.3) is 5.91 Å². The van der Waals surface area contributed by atoms with Crippen molar-refractivity contribution in [2.45, 2.75) is 75.3 Å². The number of amides is 3. The lowest BCUT2D eigenvalue weighted by Gasteiger charge is -2.41. The van der Waals surface area contributed by atoms with Gasteiger partial charge in [-0.2, -0.15) is 0 Å². The topological polar surface area (TPSA) is 81.2 Å². The van der Waals surface area contributed by atoms with Crippen LogP contribution in [0.15, 0.2) is 43.5 Å². The molecular weight excluding hydrogens is 570 g/mol. The molecule has 0 aromatic heterocycles. The second-order valence-corrected chi connectivity index (χ2v) is 13.9. The Kier molecular flexibility index (Phi) is 10.9. The number of para-hydroxylation sites is 1. The van der Waals surface area contributed by atoms with Gasteiger partial charge in [0.2, 0.25) is 11.8 Å². The molecule has 4 rings (SSSR count). The van der Waals surface area contributed by atoms with E-state index in [-0.39, 0.29) is 42.0 Å². The van der Waals surface area contributed by atoms with E-state index in [1.54, 1.807) is 39.8 Å². The Bertz CT molecular complexity index is 1170. The molecule has 0 radical (unpaired) electrons. The summed E-state index contributed by atoms with van der Waals surface area (Å²) < 4.78 is -0.703. The van der Waals surface area contributed by atoms with Crippen molar-refractivity contribution in [1.82, 2.24) is 9.80 Å². The van der Waals surface area contributed by atoms with Crippen molar-refractivity contribution in [1.29, 1.82) is 0 Å². The summed E-state index contributed by atoms with van der Waals surface area (Å²) >= 11 is 8.39. The summed E-state index contributed by atoms with van der Waals surface area (Å²) in [5.41, 5.74) is 1.51. The summed E-state index contributed by atoms with van der Waals surface area (Å²) in [6, 6.07) is 4.86. The number of carbonyl (C=O) groups excluding carboxylic acids is 3. The van der Waals surface area contributed by atoms with Gasteiger partial charge in [-0.05, 0) is 50.2 Å². The summed E-state index contributed by atoms with van der Waals surface area (Å²) in [6.07, 6.45) is 8.19. The van der Waals surface area contributed by atoms with E-state index >= 15 is 0 Å². The number of halogens is 1. The maximum absolute atomic E-state index is 14.9. The number of hydrogen-bond acceptors (Lipinski definition) is 5. The fraction of sp³-hybridized carbons (Fsp3) is 0.606. The van der Waals surface area contributed by atoms with Gasteiger partial charge in [0.15, 0.2) is 0 Å². The molecule has 7 nitrogen and oxygen atoms in total. The molecule has 1 spiro atoms. The number of fused-ring (bicyclic) bond motifs is 1. The van der Waals surface area contributed by atoms with Crippen molar-refractivity contribution >= 4 is 46.8 Å². The molecule has 0 aliphatic carbocycles. The number of rotatable bonds is 15. The van der Waals surface area contributed by atoms with Gasteiger partial charge in [-0.3, -0.25) is 14.4 Å². The van der Waals surface area contributed by atoms with Crippen LogP contribution in [-0.2, 0) is 14.4 Å². The third-order valence-electron chi connectivity index (χ3n) is 9.26. The standard InChI is InChI=1S/C33H46ClN3O4S/c1-6-16-35(17-7-2)30(39)26-25-21-23(5)33(42-25)27(26)31(40)37(19-11-9-10-12-20-38)29(33)32(41)36(18-8-3)28-22(4)14-13-15-24(28)34/h6,8,13-15,23,25-27,29,38H,1,3,7,9-12,16-21H2,2,4-5H3/t23?,25-,26+,27-,29?,33?/m0/s1. The van der Waals surface area contributed by atoms with Crippen LogP contribution in [-0.4, -0.2) is 81.5 Å². The van der Waals surface area contributed by atoms with Crippen LogP contribution in [0.4, 0.5) is 5.69 Å². The fourth-order valence-corrected chi connectivity index (χ4v) is 10.3. The van der Waals surface area contributed by atoms with Gasteiger partial charge in [-0.15, -0.1) is 24.9 Å². The quantitative estimate of drug-likeness (QED) is 0.209. The Hall–Kier alpha value is -2.29. The molecule has 9 heteroatoms. The number of aliphatic hydroxyl groups is 1. The van der Waals surface area contributed by atoms with Crippen LogP contribution in [0.3, 0.4) is 0 Å². The lowest BCUT2D eigenvalue weighted by atomic mass is 9.65. The zero-order valence-electron chi connectivity index (χ0n) is 25.3. The third kappa shape index (κ3) is 5.67. The Morgan fingerprint density at radius 2 is 1.88 bits per heavy atom. The summed E-state index contributed by atoms with van der Waals surface area (Å²) in [6.45, 7) is 15.8. The molecular formula is C33H46ClN3O4S. The number of unbranched alkanes of at least 4 members (excludes halogenated alkanes) is 3. The minimum absolute atomic E-state index is 0.00210. The molecule has 42 heavy (non-hydrogen) atoms. The van der Waals surface area contributed by atoms with Crippen molar-refractivity contribution in [2.75, 3.05) is 37.7 Å². The summed E-state index contributed by atoms with van der Waals surface area (Å²) in [7, 11) is 0. The highest BCUT2D eigenvalue weighted by atomic mass is 35.5. The average molecular weight is 616 g/mol. The van der Waals surface area contributed by atoms with E-state index in [0.717, 1.165) is 37.7 Å². The van der Waals surface area contributed by atoms with Crippen LogP contribution in [0, 0.1) is 24.7 Å². The van der Waals surface area contributed by atoms with Crippen LogP contribution in [0.2, 0.25) is 5.02 Å². The number of likely N-dealkylation sites (tertiary alicyclic amines) is 1. The number of aryl methyl sites for hydroxylation is 1. The number of aliphatic hydroxyl groups excluding tert-OH is 1. The maximum atomic E-state index is 14.9. The van der Waals surface area contributed by atoms with E-state index in [0.29, 0.717) is 36.8 Å². The van der Waals surface area contributed by atoms with Crippen LogP contribution < -0.4 is 4.90 Å². The summed E-state index contributed by atoms with van der Waals surface area (Å²) in [5, 5.41) is 9.69. The highest BCUT2D eigenvalue weighted by Gasteiger charge is 2.76. The van der Waals surface area contributed by atoms with Crippen molar-refractivity contribution in [3.05, 3.63) is 54.1 Å². The Labute approximate surface area is 260 Å². The van der Waals surface area contributed by atoms with E-state index in [2.05, 4.69) is 20.1 Å². The third-order valence-corrected chi connectivity index (χ3v) is 11.6. The van der Waals surface area contributed by atoms with Crippen molar-refractivity contribution in [3.63, 3.8) is 0 Å². The van der Waals surface area contributed by atoms with Crippen LogP contribution >= 0.6 is 23.4 Å². The minimum Gasteiger partial charge on any atom is -0.396 e. The van der Waals surface area contributed by atoms with Crippen LogP contribution in [0.5, 0.6) is 0 Å². The molecule has 1 aromatic rings. The van der Waals surface area contributed by atoms with Crippen LogP contribution in [0.1, 0.15) is 57.9 Å².